The molecule has 0 aromatic rings. The van der Waals surface area contributed by atoms with Gasteiger partial charge in [-0.1, -0.05) is 20.3 Å². The Hall–Kier alpha value is 1.86. The van der Waals surface area contributed by atoms with E-state index in [9.17, 15) is 13.0 Å². The second-order valence-electron chi connectivity index (χ2n) is 4.72. The minimum absolute atomic E-state index is 0. The van der Waals surface area contributed by atoms with Crippen LogP contribution in [0.4, 0.5) is 0 Å². The third kappa shape index (κ3) is 15.8. The topological polar surface area (TPSA) is 83.2 Å². The summed E-state index contributed by atoms with van der Waals surface area (Å²) in [7, 11) is -4.03. The van der Waals surface area contributed by atoms with Gasteiger partial charge in [0.2, 0.25) is 0 Å². The molecule has 0 amide bonds. The van der Waals surface area contributed by atoms with E-state index in [-0.39, 0.29) is 62.6 Å². The van der Waals surface area contributed by atoms with Gasteiger partial charge in [-0.2, -0.15) is 11.8 Å². The van der Waals surface area contributed by atoms with Crippen LogP contribution in [0.25, 0.3) is 0 Å². The van der Waals surface area contributed by atoms with Crippen LogP contribution in [0.15, 0.2) is 0 Å². The van der Waals surface area contributed by atoms with Crippen LogP contribution >= 0.6 is 11.8 Å². The van der Waals surface area contributed by atoms with Gasteiger partial charge < -0.3 is 10.3 Å². The summed E-state index contributed by atoms with van der Waals surface area (Å²) in [5.74, 6) is 1.74. The minimum Gasteiger partial charge on any atom is -0.748 e. The van der Waals surface area contributed by atoms with Crippen molar-refractivity contribution < 1.29 is 64.4 Å². The molecule has 0 atom stereocenters. The molecule has 0 aromatic heterocycles. The molecule has 0 aromatic carbocycles. The average molecular weight is 308 g/mol. The molecule has 0 fully saturated rings. The van der Waals surface area contributed by atoms with Crippen molar-refractivity contribution in [2.45, 2.75) is 33.1 Å². The summed E-state index contributed by atoms with van der Waals surface area (Å²) < 4.78 is 31.2. The van der Waals surface area contributed by atoms with Crippen LogP contribution in [0, 0.1) is 5.41 Å². The average Bonchev–Trinajstić information content (AvgIpc) is 2.11. The van der Waals surface area contributed by atoms with Gasteiger partial charge in [-0.25, -0.2) is 8.42 Å². The fourth-order valence-electron chi connectivity index (χ4n) is 1.39. The van der Waals surface area contributed by atoms with E-state index in [4.69, 9.17) is 5.73 Å². The van der Waals surface area contributed by atoms with Gasteiger partial charge in [-0.15, -0.1) is 0 Å². The summed E-state index contributed by atoms with van der Waals surface area (Å²) in [4.78, 5) is 0. The van der Waals surface area contributed by atoms with Crippen molar-refractivity contribution in [1.82, 2.24) is 0 Å². The maximum absolute atomic E-state index is 10.4. The Labute approximate surface area is 152 Å². The van der Waals surface area contributed by atoms with Crippen molar-refractivity contribution in [3.8, 4) is 0 Å². The normalized spacial score (nSPS) is 12.2. The fourth-order valence-corrected chi connectivity index (χ4v) is 2.95. The maximum Gasteiger partial charge on any atom is 1.00 e. The van der Waals surface area contributed by atoms with E-state index in [1.807, 2.05) is 11.8 Å². The van der Waals surface area contributed by atoms with Gasteiger partial charge in [0, 0.05) is 18.1 Å². The third-order valence-corrected chi connectivity index (χ3v) is 4.55. The van der Waals surface area contributed by atoms with E-state index in [0.29, 0.717) is 13.0 Å². The smallest absolute Gasteiger partial charge is 0.748 e. The number of hydrogen-bond donors (Lipinski definition) is 1. The predicted molar refractivity (Wildman–Crippen MR) is 68.6 cm³/mol. The molecule has 2 N–H and O–H groups in total. The first-order chi connectivity index (χ1) is 7.27. The standard InChI is InChI=1S/C10H23NO3S2.K/c1-10(2,9-15-7-6-11)5-3-4-8-16(12,13)14;/h3-9,11H2,1-2H3,(H,12,13,14);/q;+1/p-1. The second kappa shape index (κ2) is 10.6. The third-order valence-electron chi connectivity index (χ3n) is 2.25. The van der Waals surface area contributed by atoms with Gasteiger partial charge in [0.05, 0.1) is 10.1 Å². The summed E-state index contributed by atoms with van der Waals surface area (Å²) in [5, 5.41) is 0. The van der Waals surface area contributed by atoms with Gasteiger partial charge in [-0.3, -0.25) is 0 Å². The first-order valence-corrected chi connectivity index (χ1v) is 8.21. The fraction of sp³-hybridized carbons (Fsp3) is 1.00. The molecule has 0 aliphatic carbocycles. The Balaban J connectivity index is 0. The molecule has 17 heavy (non-hydrogen) atoms. The number of nitrogens with two attached hydrogens (primary N) is 1. The molecule has 0 spiro atoms. The molecular weight excluding hydrogens is 285 g/mol. The number of unbranched alkanes of at least 4 members (excludes halogenated alkanes) is 1. The Kier molecular flexibility index (Phi) is 13.2. The quantitative estimate of drug-likeness (QED) is 0.316. The van der Waals surface area contributed by atoms with Crippen molar-refractivity contribution in [1.29, 1.82) is 0 Å². The Morgan fingerprint density at radius 2 is 1.88 bits per heavy atom. The molecule has 0 saturated carbocycles. The van der Waals surface area contributed by atoms with E-state index < -0.39 is 10.1 Å². The molecule has 0 aliphatic heterocycles. The molecule has 0 unspecified atom stereocenters. The van der Waals surface area contributed by atoms with Crippen LogP contribution < -0.4 is 57.1 Å². The van der Waals surface area contributed by atoms with Gasteiger partial charge >= 0.3 is 51.4 Å². The van der Waals surface area contributed by atoms with E-state index in [0.717, 1.165) is 24.3 Å². The molecule has 98 valence electrons. The zero-order chi connectivity index (χ0) is 12.7. The molecule has 0 aliphatic rings. The number of hydrogen-bond acceptors (Lipinski definition) is 5. The SMILES string of the molecule is CC(C)(CCCCS(=O)(=O)[O-])CSCCN.[K+]. The van der Waals surface area contributed by atoms with Crippen LogP contribution in [0.3, 0.4) is 0 Å². The summed E-state index contributed by atoms with van der Waals surface area (Å²) in [6, 6.07) is 0. The molecule has 0 rings (SSSR count). The summed E-state index contributed by atoms with van der Waals surface area (Å²) in [6.45, 7) is 5.00. The van der Waals surface area contributed by atoms with Crippen molar-refractivity contribution in [2.24, 2.45) is 11.1 Å². The molecule has 0 radical (unpaired) electrons. The summed E-state index contributed by atoms with van der Waals surface area (Å²) in [6.07, 6.45) is 2.20. The second-order valence-corrected chi connectivity index (χ2v) is 7.35. The van der Waals surface area contributed by atoms with Crippen molar-refractivity contribution in [2.75, 3.05) is 23.8 Å². The van der Waals surface area contributed by atoms with Gasteiger partial charge in [0.1, 0.15) is 0 Å². The van der Waals surface area contributed by atoms with Gasteiger partial charge in [0.15, 0.2) is 0 Å². The number of rotatable bonds is 9. The van der Waals surface area contributed by atoms with E-state index >= 15 is 0 Å². The molecular formula is C10H22KNO3S2. The van der Waals surface area contributed by atoms with Crippen LogP contribution in [-0.2, 0) is 10.1 Å². The zero-order valence-electron chi connectivity index (χ0n) is 11.1. The molecule has 0 heterocycles. The number of thioether (sulfide) groups is 1. The van der Waals surface area contributed by atoms with Gasteiger partial charge in [0.25, 0.3) is 0 Å². The van der Waals surface area contributed by atoms with Crippen molar-refractivity contribution in [3.63, 3.8) is 0 Å². The van der Waals surface area contributed by atoms with E-state index in [1.165, 1.54) is 0 Å². The van der Waals surface area contributed by atoms with E-state index in [1.54, 1.807) is 0 Å². The monoisotopic (exact) mass is 307 g/mol. The van der Waals surface area contributed by atoms with Crippen LogP contribution in [0.5, 0.6) is 0 Å². The Morgan fingerprint density at radius 1 is 1.29 bits per heavy atom. The maximum atomic E-state index is 10.4. The van der Waals surface area contributed by atoms with Crippen LogP contribution in [0.2, 0.25) is 0 Å². The van der Waals surface area contributed by atoms with Gasteiger partial charge in [-0.05, 0) is 24.0 Å². The Bertz CT molecular complexity index is 281. The molecule has 0 bridgehead atoms. The molecule has 0 saturated heterocycles. The zero-order valence-corrected chi connectivity index (χ0v) is 15.8. The summed E-state index contributed by atoms with van der Waals surface area (Å²) in [5.41, 5.74) is 5.59. The van der Waals surface area contributed by atoms with Crippen molar-refractivity contribution >= 4 is 21.9 Å². The van der Waals surface area contributed by atoms with E-state index in [2.05, 4.69) is 13.8 Å². The minimum atomic E-state index is -4.03. The summed E-state index contributed by atoms with van der Waals surface area (Å²) >= 11 is 1.82. The first-order valence-electron chi connectivity index (χ1n) is 5.48. The Morgan fingerprint density at radius 3 is 2.35 bits per heavy atom. The van der Waals surface area contributed by atoms with Crippen molar-refractivity contribution in [3.05, 3.63) is 0 Å². The molecule has 7 heteroatoms. The largest absolute Gasteiger partial charge is 1.00 e. The first kappa shape index (κ1) is 21.2. The van der Waals surface area contributed by atoms with Crippen LogP contribution in [-0.4, -0.2) is 36.8 Å². The molecule has 4 nitrogen and oxygen atoms in total. The predicted octanol–water partition coefficient (Wildman–Crippen LogP) is -1.58. The van der Waals surface area contributed by atoms with Crippen LogP contribution in [0.1, 0.15) is 33.1 Å².